The van der Waals surface area contributed by atoms with Crippen molar-refractivity contribution in [3.05, 3.63) is 35.9 Å². The van der Waals surface area contributed by atoms with Gasteiger partial charge >= 0.3 is 0 Å². The van der Waals surface area contributed by atoms with Crippen LogP contribution in [0.25, 0.3) is 0 Å². The molecule has 1 unspecified atom stereocenters. The maximum absolute atomic E-state index is 14.3. The number of hydrogen-bond acceptors (Lipinski definition) is 6. The molecule has 1 aliphatic carbocycles. The fraction of sp³-hybridized carbons (Fsp3) is 0.467. The summed E-state index contributed by atoms with van der Waals surface area (Å²) in [6, 6.07) is 9.04. The summed E-state index contributed by atoms with van der Waals surface area (Å²) < 4.78 is 38.1. The Labute approximate surface area is 133 Å². The lowest BCUT2D eigenvalue weighted by molar-refractivity contribution is -0.108. The lowest BCUT2D eigenvalue weighted by Gasteiger charge is -2.23. The zero-order chi connectivity index (χ0) is 16.2. The van der Waals surface area contributed by atoms with E-state index in [9.17, 15) is 17.6 Å². The molecule has 1 aromatic carbocycles. The van der Waals surface area contributed by atoms with Gasteiger partial charge < -0.3 is 4.79 Å². The van der Waals surface area contributed by atoms with Gasteiger partial charge in [0.05, 0.1) is 6.04 Å². The van der Waals surface area contributed by atoms with E-state index in [1.165, 1.54) is 0 Å². The fourth-order valence-electron chi connectivity index (χ4n) is 3.22. The molecule has 122 valence electrons. The zero-order valence-corrected chi connectivity index (χ0v) is 13.0. The van der Waals surface area contributed by atoms with E-state index >= 15 is 0 Å². The first-order valence-corrected chi connectivity index (χ1v) is 9.00. The molecule has 2 aliphatic heterocycles. The van der Waals surface area contributed by atoms with Gasteiger partial charge in [-0.1, -0.05) is 30.3 Å². The van der Waals surface area contributed by atoms with Crippen molar-refractivity contribution in [1.29, 1.82) is 0 Å². The van der Waals surface area contributed by atoms with Crippen molar-refractivity contribution < 1.29 is 17.6 Å². The summed E-state index contributed by atoms with van der Waals surface area (Å²) in [4.78, 5) is 15.2. The van der Waals surface area contributed by atoms with Gasteiger partial charge in [-0.05, 0) is 18.4 Å². The van der Waals surface area contributed by atoms with E-state index in [1.54, 1.807) is 5.01 Å². The predicted molar refractivity (Wildman–Crippen MR) is 81.8 cm³/mol. The first-order chi connectivity index (χ1) is 11.0. The maximum Gasteiger partial charge on any atom is 0.233 e. The Morgan fingerprint density at radius 1 is 1.30 bits per heavy atom. The number of halogens is 1. The molecule has 1 saturated carbocycles. The van der Waals surface area contributed by atoms with Crippen molar-refractivity contribution in [2.75, 3.05) is 0 Å². The van der Waals surface area contributed by atoms with E-state index in [0.717, 1.165) is 5.56 Å². The molecule has 1 N–H and O–H groups in total. The number of carbonyl (C=O) groups is 1. The molecule has 0 spiro atoms. The topological polar surface area (TPSA) is 78.8 Å². The first kappa shape index (κ1) is 14.8. The highest BCUT2D eigenvalue weighted by atomic mass is 32.2. The molecule has 0 bridgehead atoms. The minimum Gasteiger partial charge on any atom is -0.302 e. The van der Waals surface area contributed by atoms with Crippen molar-refractivity contribution in [3.63, 3.8) is 0 Å². The van der Waals surface area contributed by atoms with Crippen molar-refractivity contribution in [1.82, 2.24) is 10.4 Å². The molecule has 0 aromatic heterocycles. The van der Waals surface area contributed by atoms with Gasteiger partial charge in [0.2, 0.25) is 15.0 Å². The van der Waals surface area contributed by atoms with Gasteiger partial charge in [-0.3, -0.25) is 5.43 Å². The Morgan fingerprint density at radius 3 is 2.61 bits per heavy atom. The molecule has 1 aromatic rings. The normalized spacial score (nSPS) is 32.0. The number of sulfone groups is 1. The fourth-order valence-corrected chi connectivity index (χ4v) is 4.84. The van der Waals surface area contributed by atoms with E-state index in [-0.39, 0.29) is 17.6 Å². The molecule has 8 heteroatoms. The van der Waals surface area contributed by atoms with Crippen LogP contribution in [-0.2, 0) is 14.6 Å². The Balaban J connectivity index is 1.65. The van der Waals surface area contributed by atoms with Crippen LogP contribution in [0.2, 0.25) is 0 Å². The molecule has 3 aliphatic rings. The second-order valence-corrected chi connectivity index (χ2v) is 8.44. The summed E-state index contributed by atoms with van der Waals surface area (Å²) >= 11 is 0. The number of hydrogen-bond donors (Lipinski definition) is 1. The zero-order valence-electron chi connectivity index (χ0n) is 12.2. The van der Waals surface area contributed by atoms with E-state index in [2.05, 4.69) is 10.4 Å². The van der Waals surface area contributed by atoms with Crippen LogP contribution in [0.15, 0.2) is 35.3 Å². The molecule has 2 fully saturated rings. The van der Waals surface area contributed by atoms with Crippen LogP contribution in [0.1, 0.15) is 30.9 Å². The molecule has 0 amide bonds. The van der Waals surface area contributed by atoms with E-state index < -0.39 is 26.9 Å². The van der Waals surface area contributed by atoms with Gasteiger partial charge in [0.15, 0.2) is 6.17 Å². The quantitative estimate of drug-likeness (QED) is 0.836. The minimum absolute atomic E-state index is 0.247. The number of hydrazine groups is 1. The number of carbonyl (C=O) groups excluding carboxylic acids is 1. The third-order valence-electron chi connectivity index (χ3n) is 4.80. The van der Waals surface area contributed by atoms with Crippen molar-refractivity contribution in [2.24, 2.45) is 4.99 Å². The highest BCUT2D eigenvalue weighted by molar-refractivity contribution is 8.08. The summed E-state index contributed by atoms with van der Waals surface area (Å²) in [6.45, 7) is 0. The molecule has 4 rings (SSSR count). The number of benzene rings is 1. The highest BCUT2D eigenvalue weighted by Gasteiger charge is 2.59. The van der Waals surface area contributed by atoms with Crippen LogP contribution < -0.4 is 5.43 Å². The lowest BCUT2D eigenvalue weighted by Crippen LogP contribution is -2.45. The minimum atomic E-state index is -3.89. The second-order valence-electron chi connectivity index (χ2n) is 6.23. The Hall–Kier alpha value is -1.80. The van der Waals surface area contributed by atoms with Crippen LogP contribution in [0.5, 0.6) is 0 Å². The summed E-state index contributed by atoms with van der Waals surface area (Å²) in [5.74, 6) is 0. The van der Waals surface area contributed by atoms with Crippen molar-refractivity contribution in [3.8, 4) is 0 Å². The average Bonchev–Trinajstić information content (AvgIpc) is 3.15. The molecule has 1 saturated heterocycles. The summed E-state index contributed by atoms with van der Waals surface area (Å²) in [6.07, 6.45) is -0.815. The van der Waals surface area contributed by atoms with E-state index in [1.807, 2.05) is 30.3 Å². The number of nitrogens with one attached hydrogen (secondary N) is 1. The van der Waals surface area contributed by atoms with Crippen LogP contribution in [-0.4, -0.2) is 42.0 Å². The summed E-state index contributed by atoms with van der Waals surface area (Å²) in [5.41, 5.74) is 3.65. The lowest BCUT2D eigenvalue weighted by atomic mass is 10.1. The van der Waals surface area contributed by atoms with E-state index in [0.29, 0.717) is 19.1 Å². The molecule has 23 heavy (non-hydrogen) atoms. The van der Waals surface area contributed by atoms with Gasteiger partial charge in [0.25, 0.3) is 0 Å². The number of aliphatic imine (C=N–C) groups is 1. The largest absolute Gasteiger partial charge is 0.302 e. The van der Waals surface area contributed by atoms with Crippen molar-refractivity contribution in [2.45, 2.75) is 42.4 Å². The van der Waals surface area contributed by atoms with Crippen LogP contribution in [0.4, 0.5) is 4.39 Å². The van der Waals surface area contributed by atoms with Gasteiger partial charge in [0, 0.05) is 6.42 Å². The predicted octanol–water partition coefficient (Wildman–Crippen LogP) is 1.12. The molecule has 0 radical (unpaired) electrons. The number of fused-ring (bicyclic) bond motifs is 1. The Bertz CT molecular complexity index is 776. The highest BCUT2D eigenvalue weighted by Crippen LogP contribution is 2.45. The monoisotopic (exact) mass is 337 g/mol. The summed E-state index contributed by atoms with van der Waals surface area (Å²) in [7, 11) is -3.89. The Kier molecular flexibility index (Phi) is 3.11. The van der Waals surface area contributed by atoms with Crippen LogP contribution >= 0.6 is 0 Å². The number of amidine groups is 1. The van der Waals surface area contributed by atoms with Crippen LogP contribution in [0, 0.1) is 0 Å². The third-order valence-corrected chi connectivity index (χ3v) is 7.08. The van der Waals surface area contributed by atoms with Crippen LogP contribution in [0.3, 0.4) is 0 Å². The standard InChI is InChI=1S/C15H16FN3O3S/c16-11-8-12(10-4-2-1-3-5-10)19-13(11)17-14(18-19)23(21,22)15(9-20)6-7-15/h1-5,9,11-13H,6-8H2,(H,17,18)/t11-,12-,13?/m0/s1. The number of aldehydes is 1. The number of nitrogens with zero attached hydrogens (tertiary/aromatic N) is 2. The Morgan fingerprint density at radius 2 is 2.00 bits per heavy atom. The molecule has 2 heterocycles. The SMILES string of the molecule is O=CC1(S(=O)(=O)C2=NC3[C@@H](F)C[C@@H](c4ccccc4)N3N2)CC1. The van der Waals surface area contributed by atoms with E-state index in [4.69, 9.17) is 0 Å². The molecule has 6 nitrogen and oxygen atoms in total. The smallest absolute Gasteiger partial charge is 0.233 e. The van der Waals surface area contributed by atoms with Gasteiger partial charge in [0.1, 0.15) is 17.2 Å². The van der Waals surface area contributed by atoms with Gasteiger partial charge in [-0.15, -0.1) is 0 Å². The third kappa shape index (κ3) is 2.05. The molecular formula is C15H16FN3O3S. The molecular weight excluding hydrogens is 321 g/mol. The second kappa shape index (κ2) is 4.85. The van der Waals surface area contributed by atoms with Gasteiger partial charge in [-0.2, -0.15) is 5.01 Å². The van der Waals surface area contributed by atoms with Gasteiger partial charge in [-0.25, -0.2) is 17.8 Å². The molecule has 3 atom stereocenters. The number of alkyl halides is 1. The summed E-state index contributed by atoms with van der Waals surface area (Å²) in [5, 5.41) is 1.27. The first-order valence-electron chi connectivity index (χ1n) is 7.51. The maximum atomic E-state index is 14.3. The number of rotatable bonds is 3. The van der Waals surface area contributed by atoms with Crippen molar-refractivity contribution >= 4 is 21.3 Å². The average molecular weight is 337 g/mol.